The number of nitro groups is 1. The number of allylic oxidation sites excluding steroid dienone is 2. The van der Waals surface area contributed by atoms with Crippen LogP contribution in [-0.2, 0) is 0 Å². The van der Waals surface area contributed by atoms with Crippen LogP contribution in [0.1, 0.15) is 10.4 Å². The highest BCUT2D eigenvalue weighted by molar-refractivity contribution is 8.78. The molecule has 0 saturated carbocycles. The summed E-state index contributed by atoms with van der Waals surface area (Å²) in [5.74, 6) is -0.541. The van der Waals surface area contributed by atoms with Crippen molar-refractivity contribution in [3.63, 3.8) is 0 Å². The Bertz CT molecular complexity index is 692. The second-order valence-electron chi connectivity index (χ2n) is 3.49. The molecule has 20 heavy (non-hydrogen) atoms. The highest BCUT2D eigenvalue weighted by atomic mass is 35.5. The van der Waals surface area contributed by atoms with Gasteiger partial charge >= 0.3 is 0 Å². The molecule has 1 aromatic rings. The molecule has 0 saturated heterocycles. The van der Waals surface area contributed by atoms with E-state index in [0.29, 0.717) is 4.91 Å². The first-order valence-electron chi connectivity index (χ1n) is 5.05. The van der Waals surface area contributed by atoms with Crippen molar-refractivity contribution in [1.29, 1.82) is 5.26 Å². The quantitative estimate of drug-likeness (QED) is 0.160. The number of benzene rings is 1. The molecule has 1 aliphatic heterocycles. The number of nitrogens with zero attached hydrogens (tertiary/aromatic N) is 3. The standard InChI is InChI=1S/C11H4ClN3O3S2/c12-11-10(19-20-14-11)8(5-13)9(16)6-1-3-7(4-2-6)15(17)18/h1-4H/b10-8+. The summed E-state index contributed by atoms with van der Waals surface area (Å²) < 4.78 is 3.81. The van der Waals surface area contributed by atoms with Crippen molar-refractivity contribution < 1.29 is 9.72 Å². The van der Waals surface area contributed by atoms with Crippen molar-refractivity contribution in [2.45, 2.75) is 0 Å². The van der Waals surface area contributed by atoms with E-state index in [1.165, 1.54) is 24.3 Å². The largest absolute Gasteiger partial charge is 0.288 e. The van der Waals surface area contributed by atoms with E-state index in [1.54, 1.807) is 6.07 Å². The van der Waals surface area contributed by atoms with E-state index in [4.69, 9.17) is 16.9 Å². The van der Waals surface area contributed by atoms with Crippen molar-refractivity contribution in [1.82, 2.24) is 0 Å². The van der Waals surface area contributed by atoms with Crippen LogP contribution in [0.25, 0.3) is 0 Å². The fourth-order valence-electron chi connectivity index (χ4n) is 1.39. The van der Waals surface area contributed by atoms with E-state index in [9.17, 15) is 14.9 Å². The summed E-state index contributed by atoms with van der Waals surface area (Å²) in [5, 5.41) is 19.8. The molecule has 0 unspecified atom stereocenters. The molecule has 2 rings (SSSR count). The van der Waals surface area contributed by atoms with Crippen LogP contribution >= 0.6 is 33.4 Å². The minimum Gasteiger partial charge on any atom is -0.288 e. The third kappa shape index (κ3) is 2.85. The molecule has 0 radical (unpaired) electrons. The summed E-state index contributed by atoms with van der Waals surface area (Å²) >= 11 is 5.81. The lowest BCUT2D eigenvalue weighted by Crippen LogP contribution is -2.06. The lowest BCUT2D eigenvalue weighted by molar-refractivity contribution is -0.384. The molecular weight excluding hydrogens is 322 g/mol. The maximum atomic E-state index is 12.2. The third-order valence-electron chi connectivity index (χ3n) is 2.33. The van der Waals surface area contributed by atoms with Crippen molar-refractivity contribution in [2.24, 2.45) is 4.40 Å². The summed E-state index contributed by atoms with van der Waals surface area (Å²) in [5.41, 5.74) is -0.0673. The number of non-ortho nitro benzene ring substituents is 1. The zero-order chi connectivity index (χ0) is 14.7. The van der Waals surface area contributed by atoms with Gasteiger partial charge in [0.05, 0.1) is 20.8 Å². The number of ketones is 1. The SMILES string of the molecule is N#C/C(C(=O)c1ccc([N+](=O)[O-])cc1)=C1\SSN=C1Cl. The molecule has 1 heterocycles. The molecule has 0 aromatic heterocycles. The Balaban J connectivity index is 2.38. The lowest BCUT2D eigenvalue weighted by Gasteiger charge is -2.01. The van der Waals surface area contributed by atoms with Crippen LogP contribution < -0.4 is 0 Å². The summed E-state index contributed by atoms with van der Waals surface area (Å²) in [6.07, 6.45) is 0. The predicted molar refractivity (Wildman–Crippen MR) is 78.5 cm³/mol. The highest BCUT2D eigenvalue weighted by Gasteiger charge is 2.24. The molecule has 1 aromatic carbocycles. The van der Waals surface area contributed by atoms with Gasteiger partial charge in [-0.15, -0.1) is 0 Å². The van der Waals surface area contributed by atoms with E-state index in [1.807, 2.05) is 0 Å². The van der Waals surface area contributed by atoms with Crippen LogP contribution in [-0.4, -0.2) is 15.9 Å². The lowest BCUT2D eigenvalue weighted by atomic mass is 10.0. The van der Waals surface area contributed by atoms with Crippen molar-refractivity contribution in [2.75, 3.05) is 0 Å². The first kappa shape index (κ1) is 14.6. The molecule has 6 nitrogen and oxygen atoms in total. The first-order chi connectivity index (χ1) is 9.54. The molecule has 0 spiro atoms. The zero-order valence-corrected chi connectivity index (χ0v) is 12.0. The number of hydrogen-bond donors (Lipinski definition) is 0. The van der Waals surface area contributed by atoms with E-state index >= 15 is 0 Å². The monoisotopic (exact) mass is 325 g/mol. The molecule has 9 heteroatoms. The smallest absolute Gasteiger partial charge is 0.269 e. The molecule has 0 amide bonds. The van der Waals surface area contributed by atoms with Gasteiger partial charge < -0.3 is 0 Å². The van der Waals surface area contributed by atoms with Gasteiger partial charge in [0.2, 0.25) is 5.78 Å². The van der Waals surface area contributed by atoms with Gasteiger partial charge in [-0.05, 0) is 22.9 Å². The van der Waals surface area contributed by atoms with Gasteiger partial charge in [0, 0.05) is 17.7 Å². The molecule has 0 bridgehead atoms. The number of rotatable bonds is 3. The number of carbonyl (C=O) groups excluding carboxylic acids is 1. The van der Waals surface area contributed by atoms with Crippen molar-refractivity contribution in [3.8, 4) is 6.07 Å². The number of nitro benzene ring substituents is 1. The Hall–Kier alpha value is -1.82. The van der Waals surface area contributed by atoms with Crippen LogP contribution in [0.15, 0.2) is 39.1 Å². The Morgan fingerprint density at radius 1 is 1.40 bits per heavy atom. The average molecular weight is 326 g/mol. The minimum absolute atomic E-state index is 0.104. The molecule has 0 atom stereocenters. The van der Waals surface area contributed by atoms with E-state index in [0.717, 1.165) is 21.8 Å². The molecule has 0 N–H and O–H groups in total. The molecule has 0 aliphatic carbocycles. The van der Waals surface area contributed by atoms with E-state index in [2.05, 4.69) is 4.40 Å². The number of halogens is 1. The molecular formula is C11H4ClN3O3S2. The maximum absolute atomic E-state index is 12.2. The van der Waals surface area contributed by atoms with Gasteiger partial charge in [0.1, 0.15) is 11.6 Å². The maximum Gasteiger partial charge on any atom is 0.269 e. The fourth-order valence-corrected chi connectivity index (χ4v) is 3.67. The second kappa shape index (κ2) is 6.09. The van der Waals surface area contributed by atoms with Gasteiger partial charge in [-0.3, -0.25) is 14.9 Å². The molecule has 0 fully saturated rings. The number of Topliss-reactive ketones (excluding diaryl/α,β-unsaturated/α-hetero) is 1. The number of nitriles is 1. The van der Waals surface area contributed by atoms with Gasteiger partial charge in [-0.1, -0.05) is 11.6 Å². The minimum atomic E-state index is -0.565. The topological polar surface area (TPSA) is 96.4 Å². The average Bonchev–Trinajstić information content (AvgIpc) is 2.86. The summed E-state index contributed by atoms with van der Waals surface area (Å²) in [6.45, 7) is 0. The van der Waals surface area contributed by atoms with Gasteiger partial charge in [-0.2, -0.15) is 9.66 Å². The van der Waals surface area contributed by atoms with Crippen molar-refractivity contribution in [3.05, 3.63) is 50.4 Å². The summed E-state index contributed by atoms with van der Waals surface area (Å²) in [4.78, 5) is 22.5. The van der Waals surface area contributed by atoms with Crippen LogP contribution in [0.3, 0.4) is 0 Å². The third-order valence-corrected chi connectivity index (χ3v) is 4.66. The highest BCUT2D eigenvalue weighted by Crippen LogP contribution is 2.42. The normalized spacial score (nSPS) is 16.3. The fraction of sp³-hybridized carbons (Fsp3) is 0. The Morgan fingerprint density at radius 3 is 2.50 bits per heavy atom. The van der Waals surface area contributed by atoms with Crippen molar-refractivity contribution >= 4 is 50.0 Å². The summed E-state index contributed by atoms with van der Waals surface area (Å²) in [6, 6.07) is 6.83. The Labute approximate surface area is 126 Å². The van der Waals surface area contributed by atoms with Crippen LogP contribution in [0.4, 0.5) is 5.69 Å². The predicted octanol–water partition coefficient (Wildman–Crippen LogP) is 3.50. The van der Waals surface area contributed by atoms with Crippen LogP contribution in [0, 0.1) is 21.4 Å². The Morgan fingerprint density at radius 2 is 2.05 bits per heavy atom. The van der Waals surface area contributed by atoms with Gasteiger partial charge in [-0.25, -0.2) is 0 Å². The second-order valence-corrected chi connectivity index (χ2v) is 5.70. The Kier molecular flexibility index (Phi) is 4.44. The van der Waals surface area contributed by atoms with Gasteiger partial charge in [0.15, 0.2) is 5.17 Å². The number of carbonyl (C=O) groups is 1. The van der Waals surface area contributed by atoms with Crippen LogP contribution in [0.5, 0.6) is 0 Å². The summed E-state index contributed by atoms with van der Waals surface area (Å²) in [7, 11) is 2.20. The van der Waals surface area contributed by atoms with E-state index < -0.39 is 10.7 Å². The zero-order valence-electron chi connectivity index (χ0n) is 9.57. The molecule has 1 aliphatic rings. The van der Waals surface area contributed by atoms with Gasteiger partial charge in [0.25, 0.3) is 5.69 Å². The molecule has 100 valence electrons. The van der Waals surface area contributed by atoms with Crippen LogP contribution in [0.2, 0.25) is 0 Å². The first-order valence-corrected chi connectivity index (χ1v) is 7.54. The number of hydrogen-bond acceptors (Lipinski definition) is 7. The van der Waals surface area contributed by atoms with E-state index in [-0.39, 0.29) is 22.0 Å².